The second kappa shape index (κ2) is 16.7. The fraction of sp³-hybridized carbons (Fsp3) is 0. The van der Waals surface area contributed by atoms with Gasteiger partial charge in [0.2, 0.25) is 5.89 Å². The molecule has 66 heavy (non-hydrogen) atoms. The number of rotatable bonds is 9. The summed E-state index contributed by atoms with van der Waals surface area (Å²) in [4.78, 5) is 7.08. The molecule has 1 aromatic heterocycles. The molecule has 11 aromatic carbocycles. The van der Waals surface area contributed by atoms with Gasteiger partial charge in [0, 0.05) is 22.6 Å². The molecule has 1 heterocycles. The Morgan fingerprint density at radius 3 is 1.11 bits per heavy atom. The number of nitrogens with zero attached hydrogens (tertiary/aromatic N) is 2. The van der Waals surface area contributed by atoms with E-state index in [9.17, 15) is 0 Å². The smallest absolute Gasteiger partial charge is 0.227 e. The summed E-state index contributed by atoms with van der Waals surface area (Å²) in [6.07, 6.45) is 0. The standard InChI is InChI=1S/C63H42N2O/c1-3-17-53-43(13-1)15-11-23-55(53)46-31-37-50(38-32-46)65(51-39-33-47(34-40-51)56-24-12-16-44-14-2-4-18-54(44)56)52-41-35-48(36-42-52)58-20-6-8-22-60(58)59-21-7-5-19-57(59)45-27-29-49(30-28-45)63-64-61-25-9-10-26-62(61)66-63/h1-42H. The van der Waals surface area contributed by atoms with Crippen LogP contribution in [-0.2, 0) is 0 Å². The van der Waals surface area contributed by atoms with Crippen LogP contribution in [0.3, 0.4) is 0 Å². The molecule has 0 aliphatic heterocycles. The number of hydrogen-bond donors (Lipinski definition) is 0. The molecule has 0 aliphatic carbocycles. The van der Waals surface area contributed by atoms with E-state index in [1.807, 2.05) is 24.3 Å². The van der Waals surface area contributed by atoms with Gasteiger partial charge in [-0.2, -0.15) is 0 Å². The van der Waals surface area contributed by atoms with Crippen LogP contribution >= 0.6 is 0 Å². The fourth-order valence-electron chi connectivity index (χ4n) is 9.50. The largest absolute Gasteiger partial charge is 0.436 e. The van der Waals surface area contributed by atoms with Crippen molar-refractivity contribution in [3.05, 3.63) is 255 Å². The van der Waals surface area contributed by atoms with Crippen molar-refractivity contribution in [3.63, 3.8) is 0 Å². The quantitative estimate of drug-likeness (QED) is 0.145. The highest BCUT2D eigenvalue weighted by Crippen LogP contribution is 2.42. The van der Waals surface area contributed by atoms with E-state index in [0.717, 1.165) is 50.4 Å². The summed E-state index contributed by atoms with van der Waals surface area (Å²) in [5.41, 5.74) is 17.6. The first-order valence-electron chi connectivity index (χ1n) is 22.4. The minimum Gasteiger partial charge on any atom is -0.436 e. The normalized spacial score (nSPS) is 11.3. The summed E-state index contributed by atoms with van der Waals surface area (Å²) in [6, 6.07) is 91.1. The minimum absolute atomic E-state index is 0.624. The molecular weight excluding hydrogens is 801 g/mol. The maximum atomic E-state index is 6.08. The van der Waals surface area contributed by atoms with Crippen LogP contribution in [0.1, 0.15) is 0 Å². The van der Waals surface area contributed by atoms with Crippen LogP contribution < -0.4 is 4.90 Å². The average molecular weight is 843 g/mol. The van der Waals surface area contributed by atoms with Crippen molar-refractivity contribution in [2.24, 2.45) is 0 Å². The van der Waals surface area contributed by atoms with E-state index < -0.39 is 0 Å². The van der Waals surface area contributed by atoms with Crippen LogP contribution in [0.25, 0.3) is 99.7 Å². The molecule has 0 radical (unpaired) electrons. The number of hydrogen-bond acceptors (Lipinski definition) is 3. The van der Waals surface area contributed by atoms with Gasteiger partial charge in [0.25, 0.3) is 0 Å². The Morgan fingerprint density at radius 1 is 0.273 bits per heavy atom. The number of aromatic nitrogens is 1. The molecule has 12 rings (SSSR count). The highest BCUT2D eigenvalue weighted by Gasteiger charge is 2.17. The second-order valence-corrected chi connectivity index (χ2v) is 16.7. The first kappa shape index (κ1) is 38.9. The zero-order valence-corrected chi connectivity index (χ0v) is 36.1. The third-order valence-corrected chi connectivity index (χ3v) is 12.8. The van der Waals surface area contributed by atoms with E-state index in [4.69, 9.17) is 9.40 Å². The van der Waals surface area contributed by atoms with Crippen LogP contribution in [0.5, 0.6) is 0 Å². The highest BCUT2D eigenvalue weighted by atomic mass is 16.3. The Kier molecular flexibility index (Phi) is 9.85. The van der Waals surface area contributed by atoms with Gasteiger partial charge in [-0.25, -0.2) is 4.98 Å². The van der Waals surface area contributed by atoms with Gasteiger partial charge in [-0.1, -0.05) is 194 Å². The average Bonchev–Trinajstić information content (AvgIpc) is 3.84. The summed E-state index contributed by atoms with van der Waals surface area (Å²) in [5, 5.41) is 4.98. The number of para-hydroxylation sites is 2. The Bertz CT molecular complexity index is 3510. The first-order valence-corrected chi connectivity index (χ1v) is 22.4. The van der Waals surface area contributed by atoms with Gasteiger partial charge in [0.15, 0.2) is 5.58 Å². The molecule has 0 amide bonds. The van der Waals surface area contributed by atoms with Crippen molar-refractivity contribution < 1.29 is 4.42 Å². The molecule has 0 bridgehead atoms. The third-order valence-electron chi connectivity index (χ3n) is 12.8. The molecule has 3 heteroatoms. The summed E-state index contributed by atoms with van der Waals surface area (Å²) in [5.74, 6) is 0.624. The van der Waals surface area contributed by atoms with Gasteiger partial charge >= 0.3 is 0 Å². The van der Waals surface area contributed by atoms with Gasteiger partial charge in [0.1, 0.15) is 5.52 Å². The maximum absolute atomic E-state index is 6.08. The number of fused-ring (bicyclic) bond motifs is 3. The Labute approximate surface area is 384 Å². The molecule has 0 saturated carbocycles. The van der Waals surface area contributed by atoms with Gasteiger partial charge in [0.05, 0.1) is 0 Å². The van der Waals surface area contributed by atoms with E-state index in [1.165, 1.54) is 60.5 Å². The zero-order valence-electron chi connectivity index (χ0n) is 36.1. The molecule has 310 valence electrons. The molecule has 0 spiro atoms. The highest BCUT2D eigenvalue weighted by molar-refractivity contribution is 5.99. The van der Waals surface area contributed by atoms with Gasteiger partial charge in [-0.3, -0.25) is 0 Å². The van der Waals surface area contributed by atoms with Gasteiger partial charge in [-0.15, -0.1) is 0 Å². The predicted octanol–water partition coefficient (Wildman–Crippen LogP) is 17.6. The van der Waals surface area contributed by atoms with Crippen LogP contribution in [-0.4, -0.2) is 4.98 Å². The van der Waals surface area contributed by atoms with Crippen molar-refractivity contribution in [2.75, 3.05) is 4.90 Å². The Morgan fingerprint density at radius 2 is 0.621 bits per heavy atom. The lowest BCUT2D eigenvalue weighted by Crippen LogP contribution is -2.09. The molecule has 0 unspecified atom stereocenters. The molecule has 12 aromatic rings. The van der Waals surface area contributed by atoms with Crippen LogP contribution in [0.2, 0.25) is 0 Å². The summed E-state index contributed by atoms with van der Waals surface area (Å²) in [7, 11) is 0. The van der Waals surface area contributed by atoms with Crippen LogP contribution in [0, 0.1) is 0 Å². The molecule has 3 nitrogen and oxygen atoms in total. The molecule has 0 N–H and O–H groups in total. The number of benzene rings is 11. The van der Waals surface area contributed by atoms with Crippen molar-refractivity contribution >= 4 is 49.7 Å². The maximum Gasteiger partial charge on any atom is 0.227 e. The lowest BCUT2D eigenvalue weighted by molar-refractivity contribution is 0.620. The Hall–Kier alpha value is -8.79. The molecule has 0 atom stereocenters. The second-order valence-electron chi connectivity index (χ2n) is 16.7. The fourth-order valence-corrected chi connectivity index (χ4v) is 9.50. The number of oxazole rings is 1. The minimum atomic E-state index is 0.624. The van der Waals surface area contributed by atoms with Crippen molar-refractivity contribution in [2.45, 2.75) is 0 Å². The predicted molar refractivity (Wildman–Crippen MR) is 276 cm³/mol. The summed E-state index contributed by atoms with van der Waals surface area (Å²) in [6.45, 7) is 0. The summed E-state index contributed by atoms with van der Waals surface area (Å²) < 4.78 is 6.08. The van der Waals surface area contributed by atoms with E-state index in [-0.39, 0.29) is 0 Å². The summed E-state index contributed by atoms with van der Waals surface area (Å²) >= 11 is 0. The van der Waals surface area contributed by atoms with Crippen LogP contribution in [0.15, 0.2) is 259 Å². The van der Waals surface area contributed by atoms with E-state index in [0.29, 0.717) is 5.89 Å². The molecular formula is C63H42N2O. The van der Waals surface area contributed by atoms with Crippen molar-refractivity contribution in [1.82, 2.24) is 4.98 Å². The van der Waals surface area contributed by atoms with E-state index in [2.05, 4.69) is 235 Å². The van der Waals surface area contributed by atoms with E-state index in [1.54, 1.807) is 0 Å². The number of anilines is 3. The third kappa shape index (κ3) is 7.19. The lowest BCUT2D eigenvalue weighted by Gasteiger charge is -2.26. The first-order chi connectivity index (χ1) is 32.7. The topological polar surface area (TPSA) is 29.3 Å². The van der Waals surface area contributed by atoms with Crippen LogP contribution in [0.4, 0.5) is 17.1 Å². The van der Waals surface area contributed by atoms with Gasteiger partial charge in [-0.05, 0) is 138 Å². The van der Waals surface area contributed by atoms with Gasteiger partial charge < -0.3 is 9.32 Å². The zero-order chi connectivity index (χ0) is 43.8. The van der Waals surface area contributed by atoms with Crippen molar-refractivity contribution in [1.29, 1.82) is 0 Å². The molecule has 0 fully saturated rings. The molecule has 0 aliphatic rings. The lowest BCUT2D eigenvalue weighted by atomic mass is 9.89. The van der Waals surface area contributed by atoms with Crippen molar-refractivity contribution in [3.8, 4) is 67.1 Å². The Balaban J connectivity index is 0.900. The SMILES string of the molecule is c1ccc(-c2ccccc2-c2ccc(N(c3ccc(-c4cccc5ccccc45)cc3)c3ccc(-c4cccc5ccccc45)cc3)cc2)c(-c2ccc(-c3nc4ccccc4o3)cc2)c1. The monoisotopic (exact) mass is 842 g/mol. The molecule has 0 saturated heterocycles. The van der Waals surface area contributed by atoms with E-state index >= 15 is 0 Å².